The second kappa shape index (κ2) is 5.68. The Kier molecular flexibility index (Phi) is 3.99. The number of imidazole rings is 1. The van der Waals surface area contributed by atoms with E-state index < -0.39 is 0 Å². The fraction of sp³-hybridized carbons (Fsp3) is 0.500. The lowest BCUT2D eigenvalue weighted by atomic mass is 10.1. The number of nitrogen functional groups attached to an aromatic ring is 1. The van der Waals surface area contributed by atoms with Crippen LogP contribution in [0.25, 0.3) is 5.65 Å². The van der Waals surface area contributed by atoms with Crippen LogP contribution in [-0.4, -0.2) is 32.6 Å². The molecule has 0 aliphatic rings. The molecule has 0 aromatic carbocycles. The molecule has 0 saturated heterocycles. The fourth-order valence-electron chi connectivity index (χ4n) is 1.82. The predicted molar refractivity (Wildman–Crippen MR) is 71.4 cm³/mol. The Bertz CT molecular complexity index is 510. The maximum atomic E-state index is 8.94. The zero-order valence-corrected chi connectivity index (χ0v) is 10.5. The number of aromatic nitrogens is 3. The molecule has 2 rings (SSSR count). The first-order valence-electron chi connectivity index (χ1n) is 6.14. The summed E-state index contributed by atoms with van der Waals surface area (Å²) in [6.07, 6.45) is 7.25. The third-order valence-corrected chi connectivity index (χ3v) is 2.87. The summed E-state index contributed by atoms with van der Waals surface area (Å²) in [5.74, 6) is 1.51. The van der Waals surface area contributed by atoms with Crippen molar-refractivity contribution in [2.45, 2.75) is 19.8 Å². The summed E-state index contributed by atoms with van der Waals surface area (Å²) in [6, 6.07) is 0. The highest BCUT2D eigenvalue weighted by molar-refractivity contribution is 5.64. The monoisotopic (exact) mass is 249 g/mol. The number of anilines is 2. The molecule has 0 spiro atoms. The van der Waals surface area contributed by atoms with E-state index in [2.05, 4.69) is 15.3 Å². The first kappa shape index (κ1) is 12.6. The van der Waals surface area contributed by atoms with Crippen LogP contribution in [0.2, 0.25) is 0 Å². The van der Waals surface area contributed by atoms with Crippen LogP contribution in [0.15, 0.2) is 18.6 Å². The van der Waals surface area contributed by atoms with Gasteiger partial charge in [-0.2, -0.15) is 0 Å². The van der Waals surface area contributed by atoms with Crippen LogP contribution in [-0.2, 0) is 0 Å². The van der Waals surface area contributed by atoms with Gasteiger partial charge in [0, 0.05) is 25.5 Å². The van der Waals surface area contributed by atoms with Crippen molar-refractivity contribution in [3.63, 3.8) is 0 Å². The van der Waals surface area contributed by atoms with Gasteiger partial charge in [0.1, 0.15) is 5.82 Å². The molecule has 4 N–H and O–H groups in total. The van der Waals surface area contributed by atoms with Crippen LogP contribution in [0.3, 0.4) is 0 Å². The lowest BCUT2D eigenvalue weighted by molar-refractivity contribution is 0.229. The molecule has 0 amide bonds. The average Bonchev–Trinajstić information content (AvgIpc) is 2.81. The molecule has 1 atom stereocenters. The van der Waals surface area contributed by atoms with Crippen LogP contribution < -0.4 is 11.1 Å². The SMILES string of the molecule is CC(CO)CCCNc1nc(N)cn2ccnc12. The number of hydrogen-bond acceptors (Lipinski definition) is 5. The van der Waals surface area contributed by atoms with Gasteiger partial charge >= 0.3 is 0 Å². The Hall–Kier alpha value is -1.82. The van der Waals surface area contributed by atoms with E-state index in [0.717, 1.165) is 25.0 Å². The lowest BCUT2D eigenvalue weighted by Gasteiger charge is -2.10. The van der Waals surface area contributed by atoms with E-state index in [9.17, 15) is 0 Å². The average molecular weight is 249 g/mol. The molecular formula is C12H19N5O. The molecule has 2 aromatic rings. The van der Waals surface area contributed by atoms with Crippen LogP contribution in [0, 0.1) is 5.92 Å². The van der Waals surface area contributed by atoms with Gasteiger partial charge in [-0.3, -0.25) is 0 Å². The molecule has 6 nitrogen and oxygen atoms in total. The molecule has 98 valence electrons. The maximum absolute atomic E-state index is 8.94. The van der Waals surface area contributed by atoms with Gasteiger partial charge in [-0.1, -0.05) is 6.92 Å². The van der Waals surface area contributed by atoms with Gasteiger partial charge in [-0.15, -0.1) is 0 Å². The molecule has 0 bridgehead atoms. The normalized spacial score (nSPS) is 12.8. The fourth-order valence-corrected chi connectivity index (χ4v) is 1.82. The van der Waals surface area contributed by atoms with E-state index in [-0.39, 0.29) is 6.61 Å². The molecule has 0 fully saturated rings. The van der Waals surface area contributed by atoms with Gasteiger partial charge in [0.05, 0.1) is 6.20 Å². The van der Waals surface area contributed by atoms with E-state index in [1.165, 1.54) is 0 Å². The smallest absolute Gasteiger partial charge is 0.180 e. The minimum Gasteiger partial charge on any atom is -0.396 e. The topological polar surface area (TPSA) is 88.5 Å². The Morgan fingerprint density at radius 2 is 2.39 bits per heavy atom. The van der Waals surface area contributed by atoms with E-state index in [0.29, 0.717) is 17.6 Å². The van der Waals surface area contributed by atoms with Crippen LogP contribution in [0.1, 0.15) is 19.8 Å². The second-order valence-electron chi connectivity index (χ2n) is 4.53. The lowest BCUT2D eigenvalue weighted by Crippen LogP contribution is -2.09. The van der Waals surface area contributed by atoms with Gasteiger partial charge in [0.15, 0.2) is 11.5 Å². The molecule has 0 aliphatic carbocycles. The third kappa shape index (κ3) is 2.89. The minimum atomic E-state index is 0.237. The van der Waals surface area contributed by atoms with E-state index in [1.807, 2.05) is 17.5 Å². The number of nitrogens with two attached hydrogens (primary N) is 1. The summed E-state index contributed by atoms with van der Waals surface area (Å²) in [5, 5.41) is 12.2. The number of nitrogens with zero attached hydrogens (tertiary/aromatic N) is 3. The highest BCUT2D eigenvalue weighted by atomic mass is 16.3. The van der Waals surface area contributed by atoms with E-state index >= 15 is 0 Å². The van der Waals surface area contributed by atoms with Crippen molar-refractivity contribution in [1.82, 2.24) is 14.4 Å². The summed E-state index contributed by atoms with van der Waals surface area (Å²) in [5.41, 5.74) is 6.50. The van der Waals surface area contributed by atoms with E-state index in [4.69, 9.17) is 10.8 Å². The summed E-state index contributed by atoms with van der Waals surface area (Å²) < 4.78 is 1.85. The second-order valence-corrected chi connectivity index (χ2v) is 4.53. The first-order chi connectivity index (χ1) is 8.70. The van der Waals surface area contributed by atoms with Crippen molar-refractivity contribution < 1.29 is 5.11 Å². The largest absolute Gasteiger partial charge is 0.396 e. The Labute approximate surface area is 106 Å². The number of nitrogens with one attached hydrogen (secondary N) is 1. The Balaban J connectivity index is 1.97. The highest BCUT2D eigenvalue weighted by Gasteiger charge is 2.05. The Morgan fingerprint density at radius 3 is 3.17 bits per heavy atom. The molecule has 6 heteroatoms. The van der Waals surface area contributed by atoms with Crippen LogP contribution >= 0.6 is 0 Å². The van der Waals surface area contributed by atoms with Crippen LogP contribution in [0.5, 0.6) is 0 Å². The minimum absolute atomic E-state index is 0.237. The standard InChI is InChI=1S/C12H19N5O/c1-9(8-18)3-2-4-14-11-12-15-5-6-17(12)7-10(13)16-11/h5-7,9,18H,2-4,8,13H2,1H3,(H,14,16). The molecule has 2 heterocycles. The number of rotatable bonds is 6. The molecule has 0 aliphatic heterocycles. The molecular weight excluding hydrogens is 230 g/mol. The molecule has 2 aromatic heterocycles. The predicted octanol–water partition coefficient (Wildman–Crippen LogP) is 1.13. The Morgan fingerprint density at radius 1 is 1.56 bits per heavy atom. The molecule has 18 heavy (non-hydrogen) atoms. The number of aliphatic hydroxyl groups excluding tert-OH is 1. The van der Waals surface area contributed by atoms with Crippen molar-refractivity contribution in [2.75, 3.05) is 24.2 Å². The zero-order chi connectivity index (χ0) is 13.0. The quantitative estimate of drug-likeness (QED) is 0.668. The molecule has 0 saturated carbocycles. The number of aliphatic hydroxyl groups is 1. The van der Waals surface area contributed by atoms with Crippen molar-refractivity contribution in [1.29, 1.82) is 0 Å². The summed E-state index contributed by atoms with van der Waals surface area (Å²) >= 11 is 0. The van der Waals surface area contributed by atoms with Crippen molar-refractivity contribution in [3.05, 3.63) is 18.6 Å². The van der Waals surface area contributed by atoms with Crippen molar-refractivity contribution in [3.8, 4) is 0 Å². The number of hydrogen-bond donors (Lipinski definition) is 3. The molecule has 0 radical (unpaired) electrons. The van der Waals surface area contributed by atoms with Crippen LogP contribution in [0.4, 0.5) is 11.6 Å². The van der Waals surface area contributed by atoms with Gasteiger partial charge in [-0.25, -0.2) is 9.97 Å². The maximum Gasteiger partial charge on any atom is 0.180 e. The molecule has 1 unspecified atom stereocenters. The van der Waals surface area contributed by atoms with Gasteiger partial charge < -0.3 is 20.6 Å². The van der Waals surface area contributed by atoms with E-state index in [1.54, 1.807) is 12.4 Å². The summed E-state index contributed by atoms with van der Waals surface area (Å²) in [7, 11) is 0. The van der Waals surface area contributed by atoms with Gasteiger partial charge in [-0.05, 0) is 18.8 Å². The first-order valence-corrected chi connectivity index (χ1v) is 6.14. The number of fused-ring (bicyclic) bond motifs is 1. The van der Waals surface area contributed by atoms with Crippen molar-refractivity contribution >= 4 is 17.3 Å². The zero-order valence-electron chi connectivity index (χ0n) is 10.5. The van der Waals surface area contributed by atoms with Crippen molar-refractivity contribution in [2.24, 2.45) is 5.92 Å². The third-order valence-electron chi connectivity index (χ3n) is 2.87. The highest BCUT2D eigenvalue weighted by Crippen LogP contribution is 2.14. The van der Waals surface area contributed by atoms with Gasteiger partial charge in [0.2, 0.25) is 0 Å². The van der Waals surface area contributed by atoms with Gasteiger partial charge in [0.25, 0.3) is 0 Å². The summed E-state index contributed by atoms with van der Waals surface area (Å²) in [4.78, 5) is 8.48. The summed E-state index contributed by atoms with van der Waals surface area (Å²) in [6.45, 7) is 3.07.